The van der Waals surface area contributed by atoms with Crippen LogP contribution < -0.4 is 10.6 Å². The van der Waals surface area contributed by atoms with Crippen molar-refractivity contribution in [3.8, 4) is 11.4 Å². The maximum atomic E-state index is 14.3. The van der Waals surface area contributed by atoms with Crippen LogP contribution in [-0.2, 0) is 0 Å². The molecule has 3 aromatic heterocycles. The van der Waals surface area contributed by atoms with Crippen LogP contribution in [0.1, 0.15) is 36.2 Å². The molecule has 1 fully saturated rings. The number of fused-ring (bicyclic) bond motifs is 1. The fourth-order valence-corrected chi connectivity index (χ4v) is 4.16. The molecular weight excluding hydrogens is 457 g/mol. The summed E-state index contributed by atoms with van der Waals surface area (Å²) in [6.45, 7) is 0. The van der Waals surface area contributed by atoms with E-state index in [9.17, 15) is 18.0 Å². The molecule has 0 radical (unpaired) electrons. The summed E-state index contributed by atoms with van der Waals surface area (Å²) in [5.41, 5.74) is 1.06. The summed E-state index contributed by atoms with van der Waals surface area (Å²) >= 11 is 0. The number of aromatic nitrogens is 4. The lowest BCUT2D eigenvalue weighted by molar-refractivity contribution is 0.111. The molecule has 182 valence electrons. The molecule has 5 rings (SSSR count). The highest BCUT2D eigenvalue weighted by molar-refractivity contribution is 5.94. The second-order valence-corrected chi connectivity index (χ2v) is 8.27. The van der Waals surface area contributed by atoms with E-state index in [0.29, 0.717) is 22.7 Å². The molecule has 3 N–H and O–H groups in total. The maximum absolute atomic E-state index is 14.3. The molecule has 0 amide bonds. The van der Waals surface area contributed by atoms with Crippen LogP contribution >= 0.6 is 0 Å². The number of aromatic amines is 1. The average Bonchev–Trinajstić information content (AvgIpc) is 3.30. The number of H-pyrrole nitrogens is 1. The van der Waals surface area contributed by atoms with Crippen molar-refractivity contribution < 1.29 is 18.0 Å². The van der Waals surface area contributed by atoms with E-state index in [0.717, 1.165) is 44.2 Å². The van der Waals surface area contributed by atoms with Crippen LogP contribution in [-0.4, -0.2) is 45.4 Å². The van der Waals surface area contributed by atoms with Crippen molar-refractivity contribution in [2.75, 3.05) is 12.4 Å². The van der Waals surface area contributed by atoms with Gasteiger partial charge in [0, 0.05) is 41.5 Å². The van der Waals surface area contributed by atoms with Gasteiger partial charge in [-0.2, -0.15) is 0 Å². The largest absolute Gasteiger partial charge is 0.365 e. The number of nitrogens with zero attached hydrogens (tertiary/aromatic N) is 3. The molecule has 0 saturated heterocycles. The monoisotopic (exact) mass is 482 g/mol. The van der Waals surface area contributed by atoms with E-state index >= 15 is 0 Å². The molecule has 1 aliphatic rings. The van der Waals surface area contributed by atoms with Gasteiger partial charge in [0.15, 0.2) is 23.7 Å². The van der Waals surface area contributed by atoms with Gasteiger partial charge in [-0.15, -0.1) is 0 Å². The number of rotatable bonds is 5. The first-order chi connectivity index (χ1) is 17.0. The summed E-state index contributed by atoms with van der Waals surface area (Å²) in [7, 11) is 1.92. The third-order valence-corrected chi connectivity index (χ3v) is 5.92. The molecule has 4 aromatic rings. The number of carbonyl (C=O) groups is 1. The minimum atomic E-state index is -0.697. The molecule has 1 saturated carbocycles. The van der Waals surface area contributed by atoms with Crippen molar-refractivity contribution in [2.24, 2.45) is 0 Å². The summed E-state index contributed by atoms with van der Waals surface area (Å²) in [5, 5.41) is 6.74. The molecular formula is C25H25F3N6O. The molecule has 7 nitrogen and oxygen atoms in total. The third-order valence-electron chi connectivity index (χ3n) is 5.92. The fourth-order valence-electron chi connectivity index (χ4n) is 4.16. The van der Waals surface area contributed by atoms with Crippen molar-refractivity contribution in [2.45, 2.75) is 37.8 Å². The first-order valence-electron chi connectivity index (χ1n) is 11.3. The van der Waals surface area contributed by atoms with Gasteiger partial charge in [0.2, 0.25) is 0 Å². The number of benzene rings is 1. The molecule has 0 unspecified atom stereocenters. The molecule has 3 heterocycles. The van der Waals surface area contributed by atoms with E-state index < -0.39 is 17.5 Å². The summed E-state index contributed by atoms with van der Waals surface area (Å²) in [4.78, 5) is 24.7. The Morgan fingerprint density at radius 2 is 1.91 bits per heavy atom. The number of aldehydes is 1. The van der Waals surface area contributed by atoms with E-state index in [1.165, 1.54) is 12.3 Å². The van der Waals surface area contributed by atoms with Crippen molar-refractivity contribution in [3.63, 3.8) is 0 Å². The lowest BCUT2D eigenvalue weighted by Gasteiger charge is -2.29. The first-order valence-corrected chi connectivity index (χ1v) is 11.3. The molecule has 0 spiro atoms. The Morgan fingerprint density at radius 1 is 1.09 bits per heavy atom. The number of hydrogen-bond donors (Lipinski definition) is 3. The number of halogens is 3. The van der Waals surface area contributed by atoms with Gasteiger partial charge in [0.1, 0.15) is 17.3 Å². The molecule has 2 atom stereocenters. The van der Waals surface area contributed by atoms with Gasteiger partial charge in [0.05, 0.1) is 11.7 Å². The van der Waals surface area contributed by atoms with E-state index in [4.69, 9.17) is 0 Å². The van der Waals surface area contributed by atoms with Crippen LogP contribution in [0.15, 0.2) is 48.9 Å². The second kappa shape index (κ2) is 11.1. The molecule has 10 heteroatoms. The smallest absolute Gasteiger partial charge is 0.183 e. The fraction of sp³-hybridized carbons (Fsp3) is 0.280. The predicted octanol–water partition coefficient (Wildman–Crippen LogP) is 4.88. The Morgan fingerprint density at radius 3 is 2.63 bits per heavy atom. The van der Waals surface area contributed by atoms with Crippen molar-refractivity contribution >= 4 is 23.0 Å². The number of carbonyl (C=O) groups excluding carboxylic acids is 1. The highest BCUT2D eigenvalue weighted by atomic mass is 19.1. The standard InChI is InChI=1S/C19H20F3N5.C6H5NO/c1-23-11-3-2-4-12(7-11)26-19-16(22)9-25-18(27-19)14-8-24-17-13(14)5-10(20)6-15(17)21;8-5-6-3-1-2-4-7-6/h5-6,8-9,11-12,23-24H,2-4,7H2,1H3,(H,25,26,27);1-5H/t11-,12+;/m1./s1. The zero-order chi connectivity index (χ0) is 24.8. The second-order valence-electron chi connectivity index (χ2n) is 8.27. The van der Waals surface area contributed by atoms with Crippen LogP contribution in [0.5, 0.6) is 0 Å². The van der Waals surface area contributed by atoms with Gasteiger partial charge in [-0.05, 0) is 50.9 Å². The SMILES string of the molecule is CN[C@@H]1CCC[C@H](Nc2nc(-c3c[nH]c4c(F)cc(F)cc34)ncc2F)C1.O=Cc1ccccn1. The average molecular weight is 483 g/mol. The van der Waals surface area contributed by atoms with Crippen molar-refractivity contribution in [3.05, 3.63) is 72.1 Å². The van der Waals surface area contributed by atoms with Gasteiger partial charge >= 0.3 is 0 Å². The third kappa shape index (κ3) is 5.83. The van der Waals surface area contributed by atoms with E-state index in [1.807, 2.05) is 7.05 Å². The quantitative estimate of drug-likeness (QED) is 0.351. The topological polar surface area (TPSA) is 95.6 Å². The Balaban J connectivity index is 0.000000308. The Bertz CT molecular complexity index is 1300. The van der Waals surface area contributed by atoms with Crippen molar-refractivity contribution in [1.29, 1.82) is 0 Å². The van der Waals surface area contributed by atoms with Crippen LogP contribution in [0.4, 0.5) is 19.0 Å². The normalized spacial score (nSPS) is 17.5. The maximum Gasteiger partial charge on any atom is 0.183 e. The zero-order valence-corrected chi connectivity index (χ0v) is 19.1. The molecule has 35 heavy (non-hydrogen) atoms. The van der Waals surface area contributed by atoms with Gasteiger partial charge < -0.3 is 15.6 Å². The van der Waals surface area contributed by atoms with Crippen molar-refractivity contribution in [1.82, 2.24) is 25.3 Å². The van der Waals surface area contributed by atoms with E-state index in [-0.39, 0.29) is 23.2 Å². The minimum Gasteiger partial charge on any atom is -0.365 e. The van der Waals surface area contributed by atoms with Gasteiger partial charge in [-0.25, -0.2) is 23.1 Å². The van der Waals surface area contributed by atoms with Crippen LogP contribution in [0.25, 0.3) is 22.3 Å². The molecule has 1 aliphatic carbocycles. The lowest BCUT2D eigenvalue weighted by Crippen LogP contribution is -2.37. The Kier molecular flexibility index (Phi) is 7.71. The molecule has 0 aliphatic heterocycles. The highest BCUT2D eigenvalue weighted by Gasteiger charge is 2.23. The Labute approximate surface area is 200 Å². The van der Waals surface area contributed by atoms with E-state index in [1.54, 1.807) is 24.4 Å². The number of hydrogen-bond acceptors (Lipinski definition) is 6. The van der Waals surface area contributed by atoms with Crippen LogP contribution in [0, 0.1) is 17.5 Å². The van der Waals surface area contributed by atoms with Crippen LogP contribution in [0.3, 0.4) is 0 Å². The molecule has 1 aromatic carbocycles. The number of nitrogens with one attached hydrogen (secondary N) is 3. The van der Waals surface area contributed by atoms with Gasteiger partial charge in [0.25, 0.3) is 0 Å². The summed E-state index contributed by atoms with van der Waals surface area (Å²) in [5.74, 6) is -1.63. The van der Waals surface area contributed by atoms with E-state index in [2.05, 4.69) is 30.6 Å². The van der Waals surface area contributed by atoms with Crippen LogP contribution in [0.2, 0.25) is 0 Å². The summed E-state index contributed by atoms with van der Waals surface area (Å²) < 4.78 is 41.8. The minimum absolute atomic E-state index is 0.103. The van der Waals surface area contributed by atoms with Gasteiger partial charge in [-0.1, -0.05) is 6.07 Å². The molecule has 0 bridgehead atoms. The number of anilines is 1. The predicted molar refractivity (Wildman–Crippen MR) is 128 cm³/mol. The summed E-state index contributed by atoms with van der Waals surface area (Å²) in [6.07, 6.45) is 8.84. The first kappa shape index (κ1) is 24.3. The highest BCUT2D eigenvalue weighted by Crippen LogP contribution is 2.30. The van der Waals surface area contributed by atoms with Gasteiger partial charge in [-0.3, -0.25) is 9.78 Å². The lowest BCUT2D eigenvalue weighted by atomic mass is 9.91. The Hall–Kier alpha value is -3.79. The zero-order valence-electron chi connectivity index (χ0n) is 19.1. The number of pyridine rings is 1. The summed E-state index contributed by atoms with van der Waals surface area (Å²) in [6, 6.07) is 7.72.